The molecule has 0 amide bonds. The van der Waals surface area contributed by atoms with E-state index in [4.69, 9.17) is 34.8 Å². The van der Waals surface area contributed by atoms with Crippen molar-refractivity contribution in [3.63, 3.8) is 0 Å². The number of anilines is 2. The molecule has 0 saturated heterocycles. The van der Waals surface area contributed by atoms with Crippen LogP contribution >= 0.6 is 57.4 Å². The molecule has 88 valence electrons. The SMILES string of the molecule is Clc1cc(Cl)c(Nc2ccccc2I)nc1Cl. The van der Waals surface area contributed by atoms with Crippen LogP contribution in [0.15, 0.2) is 30.3 Å². The van der Waals surface area contributed by atoms with Crippen molar-refractivity contribution in [2.24, 2.45) is 0 Å². The van der Waals surface area contributed by atoms with Crippen molar-refractivity contribution in [3.8, 4) is 0 Å². The van der Waals surface area contributed by atoms with Crippen LogP contribution in [-0.4, -0.2) is 4.98 Å². The van der Waals surface area contributed by atoms with Gasteiger partial charge in [0.2, 0.25) is 0 Å². The zero-order chi connectivity index (χ0) is 12.4. The number of halogens is 4. The molecule has 0 bridgehead atoms. The number of hydrogen-bond donors (Lipinski definition) is 1. The summed E-state index contributed by atoms with van der Waals surface area (Å²) in [5.74, 6) is 0.491. The highest BCUT2D eigenvalue weighted by Crippen LogP contribution is 2.31. The Labute approximate surface area is 127 Å². The summed E-state index contributed by atoms with van der Waals surface area (Å²) >= 11 is 19.9. The highest BCUT2D eigenvalue weighted by Gasteiger charge is 2.09. The van der Waals surface area contributed by atoms with E-state index in [9.17, 15) is 0 Å². The van der Waals surface area contributed by atoms with Crippen molar-refractivity contribution in [3.05, 3.63) is 49.1 Å². The molecule has 1 N–H and O–H groups in total. The molecule has 0 atom stereocenters. The maximum atomic E-state index is 6.03. The minimum absolute atomic E-state index is 0.226. The first-order chi connectivity index (χ1) is 8.08. The van der Waals surface area contributed by atoms with Crippen LogP contribution in [0.25, 0.3) is 0 Å². The van der Waals surface area contributed by atoms with Gasteiger partial charge in [0.15, 0.2) is 5.82 Å². The van der Waals surface area contributed by atoms with E-state index in [1.807, 2.05) is 24.3 Å². The summed E-state index contributed by atoms with van der Waals surface area (Å²) in [5.41, 5.74) is 0.917. The van der Waals surface area contributed by atoms with E-state index in [1.165, 1.54) is 0 Å². The third-order valence-corrected chi connectivity index (χ3v) is 3.92. The largest absolute Gasteiger partial charge is 0.338 e. The van der Waals surface area contributed by atoms with Gasteiger partial charge in [-0.25, -0.2) is 4.98 Å². The van der Waals surface area contributed by atoms with Crippen LogP contribution in [0.1, 0.15) is 0 Å². The molecule has 0 saturated carbocycles. The zero-order valence-electron chi connectivity index (χ0n) is 8.35. The molecule has 0 aliphatic carbocycles. The van der Waals surface area contributed by atoms with Crippen LogP contribution in [0.2, 0.25) is 15.2 Å². The lowest BCUT2D eigenvalue weighted by Gasteiger charge is -2.10. The third kappa shape index (κ3) is 3.16. The number of pyridine rings is 1. The molecule has 0 spiro atoms. The van der Waals surface area contributed by atoms with Crippen molar-refractivity contribution in [1.82, 2.24) is 4.98 Å². The van der Waals surface area contributed by atoms with Crippen LogP contribution in [0.3, 0.4) is 0 Å². The van der Waals surface area contributed by atoms with Gasteiger partial charge in [0.05, 0.1) is 15.7 Å². The summed E-state index contributed by atoms with van der Waals surface area (Å²) < 4.78 is 1.06. The zero-order valence-corrected chi connectivity index (χ0v) is 12.8. The maximum Gasteiger partial charge on any atom is 0.151 e. The third-order valence-electron chi connectivity index (χ3n) is 2.01. The molecule has 0 aliphatic rings. The Bertz CT molecular complexity index is 560. The number of aromatic nitrogens is 1. The molecule has 17 heavy (non-hydrogen) atoms. The van der Waals surface area contributed by atoms with Crippen molar-refractivity contribution < 1.29 is 0 Å². The first-order valence-electron chi connectivity index (χ1n) is 4.61. The van der Waals surface area contributed by atoms with Crippen molar-refractivity contribution >= 4 is 68.9 Å². The molecule has 2 aromatic rings. The monoisotopic (exact) mass is 398 g/mol. The second kappa shape index (κ2) is 5.61. The second-order valence-corrected chi connectivity index (χ2v) is 5.53. The molecule has 6 heteroatoms. The lowest BCUT2D eigenvalue weighted by Crippen LogP contribution is -1.97. The predicted octanol–water partition coefficient (Wildman–Crippen LogP) is 5.39. The molecular weight excluding hydrogens is 393 g/mol. The highest BCUT2D eigenvalue weighted by atomic mass is 127. The highest BCUT2D eigenvalue weighted by molar-refractivity contribution is 14.1. The van der Waals surface area contributed by atoms with E-state index < -0.39 is 0 Å². The van der Waals surface area contributed by atoms with Gasteiger partial charge in [0.1, 0.15) is 5.15 Å². The summed E-state index contributed by atoms with van der Waals surface area (Å²) in [6.45, 7) is 0. The van der Waals surface area contributed by atoms with Gasteiger partial charge < -0.3 is 5.32 Å². The Hall–Kier alpha value is -0.230. The van der Waals surface area contributed by atoms with Gasteiger partial charge in [0, 0.05) is 3.57 Å². The Morgan fingerprint density at radius 1 is 1.06 bits per heavy atom. The topological polar surface area (TPSA) is 24.9 Å². The lowest BCUT2D eigenvalue weighted by atomic mass is 10.3. The van der Waals surface area contributed by atoms with Crippen molar-refractivity contribution in [2.45, 2.75) is 0 Å². The van der Waals surface area contributed by atoms with Gasteiger partial charge in [-0.1, -0.05) is 46.9 Å². The average molecular weight is 399 g/mol. The smallest absolute Gasteiger partial charge is 0.151 e. The predicted molar refractivity (Wildman–Crippen MR) is 81.7 cm³/mol. The van der Waals surface area contributed by atoms with E-state index in [2.05, 4.69) is 32.9 Å². The van der Waals surface area contributed by atoms with Crippen LogP contribution < -0.4 is 5.32 Å². The van der Waals surface area contributed by atoms with Gasteiger partial charge in [-0.3, -0.25) is 0 Å². The Morgan fingerprint density at radius 3 is 2.47 bits per heavy atom. The summed E-state index contributed by atoms with van der Waals surface area (Å²) in [6.07, 6.45) is 0. The van der Waals surface area contributed by atoms with Crippen molar-refractivity contribution in [2.75, 3.05) is 5.32 Å². The number of nitrogens with one attached hydrogen (secondary N) is 1. The van der Waals surface area contributed by atoms with Gasteiger partial charge in [0.25, 0.3) is 0 Å². The fraction of sp³-hybridized carbons (Fsp3) is 0. The standard InChI is InChI=1S/C11H6Cl3IN2/c12-6-5-7(13)11(17-10(6)14)16-9-4-2-1-3-8(9)15/h1-5H,(H,16,17). The summed E-state index contributed by atoms with van der Waals surface area (Å²) in [4.78, 5) is 4.10. The number of rotatable bonds is 2. The van der Waals surface area contributed by atoms with E-state index in [0.717, 1.165) is 9.26 Å². The molecule has 0 radical (unpaired) electrons. The average Bonchev–Trinajstić information content (AvgIpc) is 2.29. The van der Waals surface area contributed by atoms with Crippen LogP contribution in [0, 0.1) is 3.57 Å². The summed E-state index contributed by atoms with van der Waals surface area (Å²) in [5, 5.41) is 4.11. The van der Waals surface area contributed by atoms with E-state index in [0.29, 0.717) is 15.9 Å². The van der Waals surface area contributed by atoms with Crippen molar-refractivity contribution in [1.29, 1.82) is 0 Å². The van der Waals surface area contributed by atoms with E-state index >= 15 is 0 Å². The Kier molecular flexibility index (Phi) is 4.36. The number of benzene rings is 1. The fourth-order valence-electron chi connectivity index (χ4n) is 1.22. The number of hydrogen-bond acceptors (Lipinski definition) is 2. The molecule has 0 unspecified atom stereocenters. The van der Waals surface area contributed by atoms with Gasteiger partial charge >= 0.3 is 0 Å². The van der Waals surface area contributed by atoms with E-state index in [-0.39, 0.29) is 5.15 Å². The Morgan fingerprint density at radius 2 is 1.76 bits per heavy atom. The minimum atomic E-state index is 0.226. The first-order valence-corrected chi connectivity index (χ1v) is 6.82. The van der Waals surface area contributed by atoms with E-state index in [1.54, 1.807) is 6.07 Å². The molecule has 2 rings (SSSR count). The van der Waals surface area contributed by atoms with Gasteiger partial charge in [-0.2, -0.15) is 0 Å². The van der Waals surface area contributed by atoms with Crippen LogP contribution in [-0.2, 0) is 0 Å². The minimum Gasteiger partial charge on any atom is -0.338 e. The first kappa shape index (κ1) is 13.2. The number of nitrogens with zero attached hydrogens (tertiary/aromatic N) is 1. The summed E-state index contributed by atoms with van der Waals surface area (Å²) in [7, 11) is 0. The molecular formula is C11H6Cl3IN2. The number of para-hydroxylation sites is 1. The van der Waals surface area contributed by atoms with Crippen LogP contribution in [0.5, 0.6) is 0 Å². The molecule has 0 aliphatic heterocycles. The van der Waals surface area contributed by atoms with Gasteiger partial charge in [-0.05, 0) is 40.8 Å². The summed E-state index contributed by atoms with van der Waals surface area (Å²) in [6, 6.07) is 9.36. The quantitative estimate of drug-likeness (QED) is 0.541. The molecule has 1 heterocycles. The maximum absolute atomic E-state index is 6.03. The Balaban J connectivity index is 2.37. The fourth-order valence-corrected chi connectivity index (χ4v) is 2.29. The molecule has 0 fully saturated rings. The second-order valence-electron chi connectivity index (χ2n) is 3.20. The molecule has 2 nitrogen and oxygen atoms in total. The van der Waals surface area contributed by atoms with Crippen LogP contribution in [0.4, 0.5) is 11.5 Å². The lowest BCUT2D eigenvalue weighted by molar-refractivity contribution is 1.30. The normalized spacial score (nSPS) is 10.4. The van der Waals surface area contributed by atoms with Gasteiger partial charge in [-0.15, -0.1) is 0 Å². The molecule has 1 aromatic carbocycles. The molecule has 1 aromatic heterocycles.